The lowest BCUT2D eigenvalue weighted by Gasteiger charge is -2.33. The van der Waals surface area contributed by atoms with Crippen LogP contribution in [0.1, 0.15) is 35.3 Å². The second-order valence-electron chi connectivity index (χ2n) is 5.99. The second kappa shape index (κ2) is 6.42. The molecule has 6 nitrogen and oxygen atoms in total. The third-order valence-electron chi connectivity index (χ3n) is 4.53. The van der Waals surface area contributed by atoms with E-state index in [9.17, 15) is 9.90 Å². The first-order valence-electron chi connectivity index (χ1n) is 7.76. The van der Waals surface area contributed by atoms with Crippen LogP contribution in [0, 0.1) is 11.3 Å². The Hall–Kier alpha value is -1.97. The number of carbonyl (C=O) groups is 1. The zero-order chi connectivity index (χ0) is 15.5. The van der Waals surface area contributed by atoms with E-state index in [0.29, 0.717) is 24.3 Å². The summed E-state index contributed by atoms with van der Waals surface area (Å²) in [7, 11) is 0. The minimum Gasteiger partial charge on any atom is -0.390 e. The van der Waals surface area contributed by atoms with E-state index in [1.54, 1.807) is 17.0 Å². The minimum atomic E-state index is -0.492. The van der Waals surface area contributed by atoms with Gasteiger partial charge in [-0.05, 0) is 38.1 Å². The summed E-state index contributed by atoms with van der Waals surface area (Å²) in [6, 6.07) is 5.14. The summed E-state index contributed by atoms with van der Waals surface area (Å²) >= 11 is 0. The van der Waals surface area contributed by atoms with Crippen LogP contribution in [-0.2, 0) is 0 Å². The van der Waals surface area contributed by atoms with Gasteiger partial charge in [-0.15, -0.1) is 0 Å². The molecule has 1 aromatic heterocycles. The number of nitriles is 1. The van der Waals surface area contributed by atoms with E-state index in [2.05, 4.69) is 9.88 Å². The van der Waals surface area contributed by atoms with Crippen molar-refractivity contribution in [1.82, 2.24) is 14.8 Å². The van der Waals surface area contributed by atoms with Crippen LogP contribution in [0.15, 0.2) is 18.3 Å². The quantitative estimate of drug-likeness (QED) is 0.866. The van der Waals surface area contributed by atoms with E-state index in [-0.39, 0.29) is 11.9 Å². The number of nitrogens with zero attached hydrogens (tertiary/aromatic N) is 4. The number of piperidine rings is 1. The van der Waals surface area contributed by atoms with Gasteiger partial charge in [-0.3, -0.25) is 9.69 Å². The third kappa shape index (κ3) is 2.96. The molecule has 22 heavy (non-hydrogen) atoms. The summed E-state index contributed by atoms with van der Waals surface area (Å²) in [6.45, 7) is 2.92. The van der Waals surface area contributed by atoms with E-state index in [1.807, 2.05) is 6.07 Å². The zero-order valence-electron chi connectivity index (χ0n) is 12.5. The van der Waals surface area contributed by atoms with Gasteiger partial charge >= 0.3 is 0 Å². The molecular weight excluding hydrogens is 280 g/mol. The van der Waals surface area contributed by atoms with Crippen molar-refractivity contribution in [3.05, 3.63) is 29.6 Å². The Labute approximate surface area is 130 Å². The summed E-state index contributed by atoms with van der Waals surface area (Å²) in [5.74, 6) is -0.129. The van der Waals surface area contributed by atoms with Gasteiger partial charge < -0.3 is 10.0 Å². The van der Waals surface area contributed by atoms with Crippen molar-refractivity contribution in [3.63, 3.8) is 0 Å². The molecule has 2 atom stereocenters. The van der Waals surface area contributed by atoms with Gasteiger partial charge in [0.1, 0.15) is 11.8 Å². The maximum atomic E-state index is 12.5. The molecule has 0 aliphatic carbocycles. The van der Waals surface area contributed by atoms with Crippen LogP contribution in [0.4, 0.5) is 0 Å². The number of hydrogen-bond acceptors (Lipinski definition) is 5. The van der Waals surface area contributed by atoms with Gasteiger partial charge in [-0.2, -0.15) is 5.26 Å². The Morgan fingerprint density at radius 3 is 2.68 bits per heavy atom. The van der Waals surface area contributed by atoms with Gasteiger partial charge in [0, 0.05) is 19.3 Å². The summed E-state index contributed by atoms with van der Waals surface area (Å²) in [4.78, 5) is 20.4. The monoisotopic (exact) mass is 300 g/mol. The molecule has 3 heterocycles. The molecule has 0 bridgehead atoms. The molecule has 0 spiro atoms. The van der Waals surface area contributed by atoms with Crippen LogP contribution >= 0.6 is 0 Å². The molecular formula is C16H20N4O2. The molecule has 1 aromatic rings. The number of pyridine rings is 1. The van der Waals surface area contributed by atoms with Crippen molar-refractivity contribution in [2.75, 3.05) is 26.2 Å². The molecule has 0 aromatic carbocycles. The number of carbonyl (C=O) groups excluding carboxylic acids is 1. The van der Waals surface area contributed by atoms with Crippen molar-refractivity contribution in [2.24, 2.45) is 0 Å². The van der Waals surface area contributed by atoms with E-state index in [1.165, 1.54) is 12.6 Å². The number of aliphatic hydroxyl groups excluding tert-OH is 1. The first kappa shape index (κ1) is 14.9. The highest BCUT2D eigenvalue weighted by molar-refractivity contribution is 5.94. The average Bonchev–Trinajstić information content (AvgIpc) is 2.97. The zero-order valence-corrected chi connectivity index (χ0v) is 12.5. The predicted molar refractivity (Wildman–Crippen MR) is 80.1 cm³/mol. The Morgan fingerprint density at radius 1 is 1.27 bits per heavy atom. The molecule has 0 unspecified atom stereocenters. The van der Waals surface area contributed by atoms with E-state index in [0.717, 1.165) is 25.9 Å². The molecule has 2 saturated heterocycles. The third-order valence-corrected chi connectivity index (χ3v) is 4.53. The minimum absolute atomic E-state index is 0.0376. The summed E-state index contributed by atoms with van der Waals surface area (Å²) in [5, 5.41) is 19.0. The maximum Gasteiger partial charge on any atom is 0.255 e. The normalized spacial score (nSPS) is 25.9. The van der Waals surface area contributed by atoms with Crippen molar-refractivity contribution >= 4 is 5.91 Å². The fourth-order valence-corrected chi connectivity index (χ4v) is 3.31. The van der Waals surface area contributed by atoms with Crippen LogP contribution < -0.4 is 0 Å². The highest BCUT2D eigenvalue weighted by Crippen LogP contribution is 2.22. The smallest absolute Gasteiger partial charge is 0.255 e. The predicted octanol–water partition coefficient (Wildman–Crippen LogP) is 0.624. The lowest BCUT2D eigenvalue weighted by atomic mass is 10.1. The van der Waals surface area contributed by atoms with E-state index < -0.39 is 6.10 Å². The first-order chi connectivity index (χ1) is 10.7. The van der Waals surface area contributed by atoms with E-state index in [4.69, 9.17) is 5.26 Å². The molecule has 0 saturated carbocycles. The highest BCUT2D eigenvalue weighted by Gasteiger charge is 2.38. The number of rotatable bonds is 2. The van der Waals surface area contributed by atoms with Crippen molar-refractivity contribution in [1.29, 1.82) is 5.26 Å². The Bertz CT molecular complexity index is 575. The molecule has 0 radical (unpaired) electrons. The van der Waals surface area contributed by atoms with Crippen molar-refractivity contribution in [3.8, 4) is 6.07 Å². The Kier molecular flexibility index (Phi) is 4.36. The van der Waals surface area contributed by atoms with Crippen LogP contribution in [-0.4, -0.2) is 64.1 Å². The summed E-state index contributed by atoms with van der Waals surface area (Å²) in [6.07, 6.45) is 4.52. The molecule has 2 fully saturated rings. The lowest BCUT2D eigenvalue weighted by Crippen LogP contribution is -2.46. The topological polar surface area (TPSA) is 80.5 Å². The number of aliphatic hydroxyl groups is 1. The number of β-amino-alcohol motifs (C(OH)–C–C–N with tert-alkyl or cyclic N) is 1. The molecule has 3 rings (SSSR count). The van der Waals surface area contributed by atoms with Gasteiger partial charge in [0.25, 0.3) is 5.91 Å². The second-order valence-corrected chi connectivity index (χ2v) is 5.99. The lowest BCUT2D eigenvalue weighted by molar-refractivity contribution is 0.0702. The number of aromatic nitrogens is 1. The number of amides is 1. The van der Waals surface area contributed by atoms with Crippen LogP contribution in [0.3, 0.4) is 0 Å². The molecule has 2 aliphatic heterocycles. The van der Waals surface area contributed by atoms with E-state index >= 15 is 0 Å². The Balaban J connectivity index is 1.67. The standard InChI is InChI=1S/C16H20N4O2/c17-8-13-5-4-12(9-18-13)16(22)20-10-14(15(21)11-20)19-6-2-1-3-7-19/h4-5,9,14-15,21H,1-3,6-7,10-11H2/t14-,15-/m0/s1. The number of hydrogen-bond donors (Lipinski definition) is 1. The maximum absolute atomic E-state index is 12.5. The molecule has 2 aliphatic rings. The van der Waals surface area contributed by atoms with Crippen LogP contribution in [0.5, 0.6) is 0 Å². The van der Waals surface area contributed by atoms with Gasteiger partial charge in [-0.1, -0.05) is 6.42 Å². The van der Waals surface area contributed by atoms with Gasteiger partial charge in [0.2, 0.25) is 0 Å². The SMILES string of the molecule is N#Cc1ccc(C(=O)N2C[C@H](O)[C@@H](N3CCCCC3)C2)cn1. The van der Waals surface area contributed by atoms with Crippen LogP contribution in [0.25, 0.3) is 0 Å². The average molecular weight is 300 g/mol. The molecule has 1 amide bonds. The summed E-state index contributed by atoms with van der Waals surface area (Å²) in [5.41, 5.74) is 0.759. The van der Waals surface area contributed by atoms with Crippen molar-refractivity contribution in [2.45, 2.75) is 31.4 Å². The molecule has 1 N–H and O–H groups in total. The van der Waals surface area contributed by atoms with Crippen LogP contribution in [0.2, 0.25) is 0 Å². The van der Waals surface area contributed by atoms with Crippen molar-refractivity contribution < 1.29 is 9.90 Å². The highest BCUT2D eigenvalue weighted by atomic mass is 16.3. The largest absolute Gasteiger partial charge is 0.390 e. The van der Waals surface area contributed by atoms with Gasteiger partial charge in [0.05, 0.1) is 17.7 Å². The number of likely N-dealkylation sites (tertiary alicyclic amines) is 2. The van der Waals surface area contributed by atoms with Gasteiger partial charge in [0.15, 0.2) is 0 Å². The molecule has 116 valence electrons. The first-order valence-corrected chi connectivity index (χ1v) is 7.76. The van der Waals surface area contributed by atoms with Gasteiger partial charge in [-0.25, -0.2) is 4.98 Å². The Morgan fingerprint density at radius 2 is 2.05 bits per heavy atom. The molecule has 6 heteroatoms. The summed E-state index contributed by atoms with van der Waals surface area (Å²) < 4.78 is 0. The fraction of sp³-hybridized carbons (Fsp3) is 0.562. The fourth-order valence-electron chi connectivity index (χ4n) is 3.31.